The van der Waals surface area contributed by atoms with E-state index in [9.17, 15) is 9.59 Å². The van der Waals surface area contributed by atoms with E-state index in [1.165, 1.54) is 25.7 Å². The second kappa shape index (κ2) is 5.80. The first kappa shape index (κ1) is 14.2. The topological polar surface area (TPSA) is 78.4 Å². The minimum Gasteiger partial charge on any atom is -0.481 e. The van der Waals surface area contributed by atoms with Gasteiger partial charge in [0, 0.05) is 12.6 Å². The largest absolute Gasteiger partial charge is 0.481 e. The van der Waals surface area contributed by atoms with Gasteiger partial charge in [0.25, 0.3) is 0 Å². The number of carboxylic acid groups (broad SMARTS) is 1. The number of amides is 2. The van der Waals surface area contributed by atoms with E-state index in [2.05, 4.69) is 10.6 Å². The van der Waals surface area contributed by atoms with Crippen molar-refractivity contribution in [2.75, 3.05) is 6.54 Å². The predicted octanol–water partition coefficient (Wildman–Crippen LogP) is 1.83. The van der Waals surface area contributed by atoms with Crippen molar-refractivity contribution in [2.45, 2.75) is 45.6 Å². The summed E-state index contributed by atoms with van der Waals surface area (Å²) in [5.41, 5.74) is 0. The fourth-order valence-corrected chi connectivity index (χ4v) is 2.57. The van der Waals surface area contributed by atoms with Crippen molar-refractivity contribution in [2.24, 2.45) is 23.7 Å². The van der Waals surface area contributed by atoms with Crippen LogP contribution in [-0.2, 0) is 4.79 Å². The van der Waals surface area contributed by atoms with Gasteiger partial charge in [-0.25, -0.2) is 4.79 Å². The maximum absolute atomic E-state index is 11.8. The minimum absolute atomic E-state index is 0.244. The first-order valence-corrected chi connectivity index (χ1v) is 7.26. The highest BCUT2D eigenvalue weighted by Gasteiger charge is 2.41. The molecule has 0 saturated heterocycles. The number of rotatable bonds is 7. The van der Waals surface area contributed by atoms with Crippen LogP contribution in [0.5, 0.6) is 0 Å². The third-order valence-corrected chi connectivity index (χ3v) is 4.45. The lowest BCUT2D eigenvalue weighted by Crippen LogP contribution is -2.46. The Morgan fingerprint density at radius 2 is 1.68 bits per heavy atom. The number of carbonyl (C=O) groups excluding carboxylic acids is 1. The number of carbonyl (C=O) groups is 2. The number of hydrogen-bond donors (Lipinski definition) is 3. The number of hydrogen-bond acceptors (Lipinski definition) is 2. The third-order valence-electron chi connectivity index (χ3n) is 4.45. The highest BCUT2D eigenvalue weighted by atomic mass is 16.4. The summed E-state index contributed by atoms with van der Waals surface area (Å²) in [4.78, 5) is 22.6. The van der Waals surface area contributed by atoms with E-state index in [1.54, 1.807) is 13.8 Å². The first-order valence-electron chi connectivity index (χ1n) is 7.26. The fourth-order valence-electron chi connectivity index (χ4n) is 2.57. The van der Waals surface area contributed by atoms with Crippen LogP contribution in [0.3, 0.4) is 0 Å². The quantitative estimate of drug-likeness (QED) is 0.659. The van der Waals surface area contributed by atoms with Crippen LogP contribution in [0.2, 0.25) is 0 Å². The standard InChI is InChI=1S/C14H24N2O3/c1-8(13(17)18)9(2)16-14(19)15-7-12(10-3-4-10)11-5-6-11/h8-12H,3-7H2,1-2H3,(H,17,18)(H2,15,16,19). The monoisotopic (exact) mass is 268 g/mol. The van der Waals surface area contributed by atoms with Gasteiger partial charge < -0.3 is 15.7 Å². The molecule has 3 N–H and O–H groups in total. The van der Waals surface area contributed by atoms with E-state index in [0.717, 1.165) is 18.4 Å². The maximum Gasteiger partial charge on any atom is 0.315 e. The van der Waals surface area contributed by atoms with E-state index < -0.39 is 11.9 Å². The molecule has 0 radical (unpaired) electrons. The molecular formula is C14H24N2O3. The molecule has 0 aliphatic heterocycles. The SMILES string of the molecule is CC(NC(=O)NCC(C1CC1)C1CC1)C(C)C(=O)O. The Morgan fingerprint density at radius 3 is 2.11 bits per heavy atom. The first-order chi connectivity index (χ1) is 8.99. The third kappa shape index (κ3) is 4.11. The van der Waals surface area contributed by atoms with Crippen LogP contribution >= 0.6 is 0 Å². The van der Waals surface area contributed by atoms with Crippen molar-refractivity contribution in [3.8, 4) is 0 Å². The lowest BCUT2D eigenvalue weighted by atomic mass is 9.98. The summed E-state index contributed by atoms with van der Waals surface area (Å²) in [7, 11) is 0. The molecule has 2 aliphatic carbocycles. The number of carboxylic acids is 1. The molecule has 5 nitrogen and oxygen atoms in total. The summed E-state index contributed by atoms with van der Waals surface area (Å²) in [5.74, 6) is 0.791. The lowest BCUT2D eigenvalue weighted by Gasteiger charge is -2.20. The zero-order valence-electron chi connectivity index (χ0n) is 11.7. The molecule has 2 saturated carbocycles. The summed E-state index contributed by atoms with van der Waals surface area (Å²) >= 11 is 0. The Morgan fingerprint density at radius 1 is 1.16 bits per heavy atom. The molecule has 0 bridgehead atoms. The van der Waals surface area contributed by atoms with E-state index in [1.807, 2.05) is 0 Å². The fraction of sp³-hybridized carbons (Fsp3) is 0.857. The molecule has 2 fully saturated rings. The molecular weight excluding hydrogens is 244 g/mol. The Balaban J connectivity index is 1.70. The average molecular weight is 268 g/mol. The van der Waals surface area contributed by atoms with Crippen molar-refractivity contribution >= 4 is 12.0 Å². The van der Waals surface area contributed by atoms with Gasteiger partial charge in [-0.1, -0.05) is 0 Å². The Bertz CT molecular complexity index is 339. The molecule has 2 amide bonds. The van der Waals surface area contributed by atoms with Crippen molar-refractivity contribution < 1.29 is 14.7 Å². The molecule has 0 spiro atoms. The van der Waals surface area contributed by atoms with Gasteiger partial charge in [0.15, 0.2) is 0 Å². The van der Waals surface area contributed by atoms with Gasteiger partial charge in [0.2, 0.25) is 0 Å². The maximum atomic E-state index is 11.8. The van der Waals surface area contributed by atoms with Gasteiger partial charge in [-0.2, -0.15) is 0 Å². The zero-order valence-corrected chi connectivity index (χ0v) is 11.7. The van der Waals surface area contributed by atoms with Crippen LogP contribution in [-0.4, -0.2) is 29.7 Å². The average Bonchev–Trinajstić information content (AvgIpc) is 3.20. The highest BCUT2D eigenvalue weighted by molar-refractivity contribution is 5.76. The highest BCUT2D eigenvalue weighted by Crippen LogP contribution is 2.48. The summed E-state index contributed by atoms with van der Waals surface area (Å²) in [6, 6.07) is -0.607. The van der Waals surface area contributed by atoms with Crippen molar-refractivity contribution in [1.29, 1.82) is 0 Å². The van der Waals surface area contributed by atoms with Crippen LogP contribution in [0, 0.1) is 23.7 Å². The van der Waals surface area contributed by atoms with Crippen LogP contribution in [0.15, 0.2) is 0 Å². The minimum atomic E-state index is -0.887. The molecule has 2 aliphatic rings. The van der Waals surface area contributed by atoms with Crippen molar-refractivity contribution in [3.63, 3.8) is 0 Å². The van der Waals surface area contributed by atoms with Gasteiger partial charge in [-0.05, 0) is 57.3 Å². The van der Waals surface area contributed by atoms with Crippen molar-refractivity contribution in [3.05, 3.63) is 0 Å². The summed E-state index contributed by atoms with van der Waals surface area (Å²) in [5, 5.41) is 14.5. The Hall–Kier alpha value is -1.26. The number of aliphatic carboxylic acids is 1. The van der Waals surface area contributed by atoms with Gasteiger partial charge in [-0.3, -0.25) is 4.79 Å². The van der Waals surface area contributed by atoms with Gasteiger partial charge in [0.1, 0.15) is 0 Å². The summed E-state index contributed by atoms with van der Waals surface area (Å²) < 4.78 is 0. The molecule has 0 heterocycles. The summed E-state index contributed by atoms with van der Waals surface area (Å²) in [6.07, 6.45) is 5.21. The van der Waals surface area contributed by atoms with Gasteiger partial charge in [0.05, 0.1) is 5.92 Å². The van der Waals surface area contributed by atoms with Crippen LogP contribution in [0.25, 0.3) is 0 Å². The molecule has 5 heteroatoms. The molecule has 0 aromatic rings. The zero-order chi connectivity index (χ0) is 14.0. The molecule has 2 rings (SSSR count). The Kier molecular flexibility index (Phi) is 4.32. The predicted molar refractivity (Wildman–Crippen MR) is 71.7 cm³/mol. The second-order valence-electron chi connectivity index (χ2n) is 6.11. The normalized spacial score (nSPS) is 21.8. The van der Waals surface area contributed by atoms with Gasteiger partial charge >= 0.3 is 12.0 Å². The van der Waals surface area contributed by atoms with E-state index in [0.29, 0.717) is 5.92 Å². The molecule has 2 atom stereocenters. The van der Waals surface area contributed by atoms with E-state index >= 15 is 0 Å². The summed E-state index contributed by atoms with van der Waals surface area (Å²) in [6.45, 7) is 4.05. The van der Waals surface area contributed by atoms with E-state index in [4.69, 9.17) is 5.11 Å². The number of nitrogens with one attached hydrogen (secondary N) is 2. The van der Waals surface area contributed by atoms with Crippen LogP contribution in [0.1, 0.15) is 39.5 Å². The molecule has 2 unspecified atom stereocenters. The van der Waals surface area contributed by atoms with Crippen LogP contribution in [0.4, 0.5) is 4.79 Å². The lowest BCUT2D eigenvalue weighted by molar-refractivity contribution is -0.141. The smallest absolute Gasteiger partial charge is 0.315 e. The van der Waals surface area contributed by atoms with Crippen LogP contribution < -0.4 is 10.6 Å². The second-order valence-corrected chi connectivity index (χ2v) is 6.11. The Labute approximate surface area is 114 Å². The van der Waals surface area contributed by atoms with Crippen molar-refractivity contribution in [1.82, 2.24) is 10.6 Å². The molecule has 0 aromatic heterocycles. The molecule has 108 valence electrons. The molecule has 19 heavy (non-hydrogen) atoms. The molecule has 0 aromatic carbocycles. The van der Waals surface area contributed by atoms with Gasteiger partial charge in [-0.15, -0.1) is 0 Å². The van der Waals surface area contributed by atoms with E-state index in [-0.39, 0.29) is 12.1 Å². The number of urea groups is 1.